The molecule has 0 aliphatic heterocycles. The lowest BCUT2D eigenvalue weighted by Gasteiger charge is -2.16. The molecule has 1 atom stereocenters. The van der Waals surface area contributed by atoms with Crippen molar-refractivity contribution in [3.05, 3.63) is 99.2 Å². The largest absolute Gasteiger partial charge is 0.342 e. The summed E-state index contributed by atoms with van der Waals surface area (Å²) in [7, 11) is 0. The fraction of sp³-hybridized carbons (Fsp3) is 0.125. The fourth-order valence-electron chi connectivity index (χ4n) is 3.41. The molecule has 1 N–H and O–H groups in total. The summed E-state index contributed by atoms with van der Waals surface area (Å²) in [5.74, 6) is 0.351. The van der Waals surface area contributed by atoms with Crippen LogP contribution in [0.4, 0.5) is 0 Å². The van der Waals surface area contributed by atoms with E-state index in [1.807, 2.05) is 47.9 Å². The number of amides is 1. The Balaban J connectivity index is 1.64. The van der Waals surface area contributed by atoms with Crippen LogP contribution >= 0.6 is 27.5 Å². The Kier molecular flexibility index (Phi) is 6.20. The SMILES string of the molecule is CC(NC(=O)c1ccc(Br)cc1)c1nc2ccccc2n1CC(=O)c1ccc(Cl)cc1. The van der Waals surface area contributed by atoms with Crippen molar-refractivity contribution in [3.8, 4) is 0 Å². The Morgan fingerprint density at radius 2 is 1.65 bits per heavy atom. The minimum Gasteiger partial charge on any atom is -0.342 e. The molecule has 0 fully saturated rings. The van der Waals surface area contributed by atoms with Gasteiger partial charge in [-0.1, -0.05) is 39.7 Å². The highest BCUT2D eigenvalue weighted by molar-refractivity contribution is 9.10. The number of Topliss-reactive ketones (excluding diaryl/α,β-unsaturated/α-hetero) is 1. The third kappa shape index (κ3) is 4.70. The maximum Gasteiger partial charge on any atom is 0.251 e. The Bertz CT molecular complexity index is 1250. The molecule has 1 aromatic heterocycles. The van der Waals surface area contributed by atoms with Gasteiger partial charge in [-0.25, -0.2) is 4.98 Å². The Morgan fingerprint density at radius 1 is 1.00 bits per heavy atom. The van der Waals surface area contributed by atoms with Crippen LogP contribution in [-0.2, 0) is 6.54 Å². The van der Waals surface area contributed by atoms with Crippen LogP contribution in [0.25, 0.3) is 11.0 Å². The Hall–Kier alpha value is -2.96. The van der Waals surface area contributed by atoms with Crippen LogP contribution in [0.1, 0.15) is 39.5 Å². The number of nitrogens with one attached hydrogen (secondary N) is 1. The number of hydrogen-bond acceptors (Lipinski definition) is 3. The van der Waals surface area contributed by atoms with Gasteiger partial charge in [0.2, 0.25) is 0 Å². The second-order valence-electron chi connectivity index (χ2n) is 7.18. The number of hydrogen-bond donors (Lipinski definition) is 1. The van der Waals surface area contributed by atoms with Crippen molar-refractivity contribution < 1.29 is 9.59 Å². The van der Waals surface area contributed by atoms with Gasteiger partial charge in [-0.3, -0.25) is 9.59 Å². The normalized spacial score (nSPS) is 12.0. The first-order chi connectivity index (χ1) is 14.9. The van der Waals surface area contributed by atoms with Crippen LogP contribution < -0.4 is 5.32 Å². The highest BCUT2D eigenvalue weighted by Gasteiger charge is 2.21. The number of rotatable bonds is 6. The number of carbonyl (C=O) groups excluding carboxylic acids is 2. The number of fused-ring (bicyclic) bond motifs is 1. The molecule has 31 heavy (non-hydrogen) atoms. The molecular weight excluding hydrogens is 478 g/mol. The summed E-state index contributed by atoms with van der Waals surface area (Å²) < 4.78 is 2.76. The van der Waals surface area contributed by atoms with Gasteiger partial charge in [-0.15, -0.1) is 0 Å². The van der Waals surface area contributed by atoms with Crippen molar-refractivity contribution in [3.63, 3.8) is 0 Å². The number of para-hydroxylation sites is 2. The summed E-state index contributed by atoms with van der Waals surface area (Å²) in [6, 6.07) is 21.2. The van der Waals surface area contributed by atoms with E-state index in [0.29, 0.717) is 22.0 Å². The van der Waals surface area contributed by atoms with Gasteiger partial charge in [-0.05, 0) is 67.6 Å². The summed E-state index contributed by atoms with van der Waals surface area (Å²) in [5, 5.41) is 3.57. The lowest BCUT2D eigenvalue weighted by molar-refractivity contribution is 0.0937. The fourth-order valence-corrected chi connectivity index (χ4v) is 3.80. The maximum atomic E-state index is 12.9. The zero-order valence-corrected chi connectivity index (χ0v) is 19.0. The van der Waals surface area contributed by atoms with E-state index >= 15 is 0 Å². The van der Waals surface area contributed by atoms with Crippen LogP contribution in [0, 0.1) is 0 Å². The van der Waals surface area contributed by atoms with Crippen molar-refractivity contribution in [1.82, 2.24) is 14.9 Å². The second-order valence-corrected chi connectivity index (χ2v) is 8.53. The number of imidazole rings is 1. The van der Waals surface area contributed by atoms with Crippen LogP contribution in [0.15, 0.2) is 77.3 Å². The Morgan fingerprint density at radius 3 is 2.35 bits per heavy atom. The molecule has 4 aromatic rings. The lowest BCUT2D eigenvalue weighted by Crippen LogP contribution is -2.29. The van der Waals surface area contributed by atoms with Crippen molar-refractivity contribution in [2.45, 2.75) is 19.5 Å². The van der Waals surface area contributed by atoms with Gasteiger partial charge in [0.15, 0.2) is 5.78 Å². The van der Waals surface area contributed by atoms with Crippen LogP contribution in [-0.4, -0.2) is 21.2 Å². The monoisotopic (exact) mass is 495 g/mol. The summed E-state index contributed by atoms with van der Waals surface area (Å²) >= 11 is 9.32. The van der Waals surface area contributed by atoms with E-state index in [1.54, 1.807) is 36.4 Å². The average molecular weight is 497 g/mol. The summed E-state index contributed by atoms with van der Waals surface area (Å²) in [6.07, 6.45) is 0. The van der Waals surface area contributed by atoms with Gasteiger partial charge >= 0.3 is 0 Å². The molecule has 0 radical (unpaired) electrons. The van der Waals surface area contributed by atoms with Gasteiger partial charge in [0.25, 0.3) is 5.91 Å². The molecule has 0 bridgehead atoms. The second kappa shape index (κ2) is 9.04. The van der Waals surface area contributed by atoms with E-state index in [9.17, 15) is 9.59 Å². The summed E-state index contributed by atoms with van der Waals surface area (Å²) in [4.78, 5) is 30.3. The third-order valence-electron chi connectivity index (χ3n) is 4.99. The third-order valence-corrected chi connectivity index (χ3v) is 5.77. The van der Waals surface area contributed by atoms with E-state index in [4.69, 9.17) is 16.6 Å². The van der Waals surface area contributed by atoms with Crippen LogP contribution in [0.3, 0.4) is 0 Å². The van der Waals surface area contributed by atoms with Gasteiger partial charge in [-0.2, -0.15) is 0 Å². The van der Waals surface area contributed by atoms with Crippen molar-refractivity contribution >= 4 is 50.3 Å². The number of nitrogens with zero attached hydrogens (tertiary/aromatic N) is 2. The molecule has 3 aromatic carbocycles. The number of ketones is 1. The standard InChI is InChI=1S/C24H19BrClN3O2/c1-15(27-24(31)17-6-10-18(25)11-7-17)23-28-20-4-2-3-5-21(20)29(23)14-22(30)16-8-12-19(26)13-9-16/h2-13,15H,14H2,1H3,(H,27,31). The molecule has 1 heterocycles. The lowest BCUT2D eigenvalue weighted by atomic mass is 10.1. The molecule has 0 aliphatic rings. The van der Waals surface area contributed by atoms with Crippen molar-refractivity contribution in [1.29, 1.82) is 0 Å². The van der Waals surface area contributed by atoms with Crippen LogP contribution in [0.5, 0.6) is 0 Å². The van der Waals surface area contributed by atoms with Gasteiger partial charge in [0.05, 0.1) is 23.6 Å². The number of benzene rings is 3. The molecule has 1 unspecified atom stereocenters. The minimum atomic E-state index is -0.401. The number of carbonyl (C=O) groups is 2. The quantitative estimate of drug-likeness (QED) is 0.342. The maximum absolute atomic E-state index is 12.9. The first-order valence-corrected chi connectivity index (χ1v) is 10.9. The highest BCUT2D eigenvalue weighted by Crippen LogP contribution is 2.22. The predicted molar refractivity (Wildman–Crippen MR) is 126 cm³/mol. The topological polar surface area (TPSA) is 64.0 Å². The Labute approximate surface area is 193 Å². The summed E-state index contributed by atoms with van der Waals surface area (Å²) in [5.41, 5.74) is 2.73. The summed E-state index contributed by atoms with van der Waals surface area (Å²) in [6.45, 7) is 1.97. The predicted octanol–water partition coefficient (Wildman–Crippen LogP) is 5.83. The molecule has 0 saturated carbocycles. The van der Waals surface area contributed by atoms with E-state index < -0.39 is 6.04 Å². The van der Waals surface area contributed by atoms with Crippen molar-refractivity contribution in [2.75, 3.05) is 0 Å². The smallest absolute Gasteiger partial charge is 0.251 e. The molecule has 156 valence electrons. The molecule has 5 nitrogen and oxygen atoms in total. The number of aromatic nitrogens is 2. The molecular formula is C24H19BrClN3O2. The van der Waals surface area contributed by atoms with E-state index in [1.165, 1.54) is 0 Å². The molecule has 0 spiro atoms. The zero-order chi connectivity index (χ0) is 22.0. The van der Waals surface area contributed by atoms with Gasteiger partial charge in [0.1, 0.15) is 5.82 Å². The van der Waals surface area contributed by atoms with E-state index in [0.717, 1.165) is 15.5 Å². The molecule has 0 aliphatic carbocycles. The van der Waals surface area contributed by atoms with E-state index in [-0.39, 0.29) is 18.2 Å². The highest BCUT2D eigenvalue weighted by atomic mass is 79.9. The first kappa shape index (κ1) is 21.3. The number of halogens is 2. The van der Waals surface area contributed by atoms with Gasteiger partial charge in [0, 0.05) is 20.6 Å². The van der Waals surface area contributed by atoms with Crippen molar-refractivity contribution in [2.24, 2.45) is 0 Å². The van der Waals surface area contributed by atoms with Crippen LogP contribution in [0.2, 0.25) is 5.02 Å². The molecule has 1 amide bonds. The van der Waals surface area contributed by atoms with E-state index in [2.05, 4.69) is 21.2 Å². The minimum absolute atomic E-state index is 0.0625. The van der Waals surface area contributed by atoms with Gasteiger partial charge < -0.3 is 9.88 Å². The average Bonchev–Trinajstić information content (AvgIpc) is 3.13. The molecule has 0 saturated heterocycles. The molecule has 4 rings (SSSR count). The first-order valence-electron chi connectivity index (χ1n) is 9.73. The zero-order valence-electron chi connectivity index (χ0n) is 16.7. The molecule has 7 heteroatoms.